The van der Waals surface area contributed by atoms with Gasteiger partial charge in [0.15, 0.2) is 11.5 Å². The molecule has 160 valence electrons. The highest BCUT2D eigenvalue weighted by atomic mass is 16.5. The van der Waals surface area contributed by atoms with Gasteiger partial charge in [0.25, 0.3) is 5.56 Å². The number of phenolic OH excluding ortho intramolecular Hbond substituents is 2. The van der Waals surface area contributed by atoms with Crippen LogP contribution in [0.2, 0.25) is 0 Å². The first-order chi connectivity index (χ1) is 14.9. The molecule has 1 aliphatic rings. The van der Waals surface area contributed by atoms with Crippen LogP contribution in [0.5, 0.6) is 23.0 Å². The molecule has 0 fully saturated rings. The van der Waals surface area contributed by atoms with E-state index in [0.29, 0.717) is 29.8 Å². The molecule has 2 heterocycles. The number of esters is 1. The fraction of sp³-hybridized carbons (Fsp3) is 0.250. The van der Waals surface area contributed by atoms with Gasteiger partial charge in [0.1, 0.15) is 11.5 Å². The van der Waals surface area contributed by atoms with Crippen molar-refractivity contribution in [3.63, 3.8) is 0 Å². The van der Waals surface area contributed by atoms with Crippen molar-refractivity contribution in [1.29, 1.82) is 0 Å². The lowest BCUT2D eigenvalue weighted by atomic mass is 9.86. The van der Waals surface area contributed by atoms with Crippen LogP contribution >= 0.6 is 0 Å². The molecule has 0 radical (unpaired) electrons. The van der Waals surface area contributed by atoms with E-state index < -0.39 is 11.9 Å². The molecule has 4 rings (SSSR count). The maximum Gasteiger partial charge on any atom is 0.312 e. The highest BCUT2D eigenvalue weighted by Gasteiger charge is 2.33. The summed E-state index contributed by atoms with van der Waals surface area (Å²) in [6.07, 6.45) is 0.633. The predicted molar refractivity (Wildman–Crippen MR) is 114 cm³/mol. The Kier molecular flexibility index (Phi) is 5.42. The topological polar surface area (TPSA) is 98.0 Å². The minimum atomic E-state index is -0.501. The highest BCUT2D eigenvalue weighted by Crippen LogP contribution is 2.39. The zero-order valence-electron chi connectivity index (χ0n) is 17.3. The van der Waals surface area contributed by atoms with Crippen molar-refractivity contribution in [1.82, 2.24) is 4.57 Å². The lowest BCUT2D eigenvalue weighted by Gasteiger charge is -2.26. The standard InChI is InChI=1S/C24H23NO6/c1-14-11-21-23(24(29)25(14)10-9-15-3-6-17(26)7-4-15)18(13-22(28)31-21)16-5-8-19(27)20(12-16)30-2/h3-8,11-12,18,26-27H,9-10,13H2,1-2H3/t18-/m0/s1. The molecular formula is C24H23NO6. The Balaban J connectivity index is 1.75. The van der Waals surface area contributed by atoms with Crippen molar-refractivity contribution in [2.75, 3.05) is 7.11 Å². The van der Waals surface area contributed by atoms with Crippen LogP contribution in [0.15, 0.2) is 53.3 Å². The Morgan fingerprint density at radius 1 is 1.10 bits per heavy atom. The molecule has 0 amide bonds. The second kappa shape index (κ2) is 8.18. The molecule has 0 saturated carbocycles. The Morgan fingerprint density at radius 2 is 1.84 bits per heavy atom. The lowest BCUT2D eigenvalue weighted by Crippen LogP contribution is -2.33. The van der Waals surface area contributed by atoms with Crippen LogP contribution in [0.4, 0.5) is 0 Å². The number of pyridine rings is 1. The van der Waals surface area contributed by atoms with Crippen molar-refractivity contribution in [2.24, 2.45) is 0 Å². The summed E-state index contributed by atoms with van der Waals surface area (Å²) >= 11 is 0. The van der Waals surface area contributed by atoms with E-state index in [-0.39, 0.29) is 35.0 Å². The van der Waals surface area contributed by atoms with Gasteiger partial charge in [0, 0.05) is 24.2 Å². The Morgan fingerprint density at radius 3 is 2.55 bits per heavy atom. The van der Waals surface area contributed by atoms with Crippen molar-refractivity contribution in [3.05, 3.63) is 81.3 Å². The molecule has 31 heavy (non-hydrogen) atoms. The van der Waals surface area contributed by atoms with Crippen LogP contribution in [0.3, 0.4) is 0 Å². The van der Waals surface area contributed by atoms with Crippen LogP contribution < -0.4 is 15.0 Å². The number of aromatic nitrogens is 1. The minimum Gasteiger partial charge on any atom is -0.508 e. The molecule has 3 aromatic rings. The van der Waals surface area contributed by atoms with E-state index in [1.807, 2.05) is 12.1 Å². The summed E-state index contributed by atoms with van der Waals surface area (Å²) in [5.41, 5.74) is 2.59. The molecule has 0 unspecified atom stereocenters. The van der Waals surface area contributed by atoms with Gasteiger partial charge >= 0.3 is 5.97 Å². The van der Waals surface area contributed by atoms with Crippen LogP contribution in [-0.2, 0) is 17.8 Å². The van der Waals surface area contributed by atoms with Gasteiger partial charge in [-0.05, 0) is 48.7 Å². The summed E-state index contributed by atoms with van der Waals surface area (Å²) < 4.78 is 12.3. The third-order valence-electron chi connectivity index (χ3n) is 5.62. The van der Waals surface area contributed by atoms with Gasteiger partial charge in [-0.3, -0.25) is 9.59 Å². The number of carbonyl (C=O) groups excluding carboxylic acids is 1. The average Bonchev–Trinajstić information content (AvgIpc) is 2.74. The van der Waals surface area contributed by atoms with E-state index in [2.05, 4.69) is 0 Å². The molecule has 2 N–H and O–H groups in total. The molecule has 0 saturated heterocycles. The summed E-state index contributed by atoms with van der Waals surface area (Å²) in [5.74, 6) is -0.182. The molecule has 7 nitrogen and oxygen atoms in total. The second-order valence-electron chi connectivity index (χ2n) is 7.60. The van der Waals surface area contributed by atoms with Crippen LogP contribution in [-0.4, -0.2) is 27.9 Å². The molecule has 0 bridgehead atoms. The first-order valence-corrected chi connectivity index (χ1v) is 9.97. The van der Waals surface area contributed by atoms with Crippen LogP contribution in [0.1, 0.15) is 34.7 Å². The smallest absolute Gasteiger partial charge is 0.312 e. The molecule has 0 spiro atoms. The SMILES string of the molecule is COc1cc([C@@H]2CC(=O)Oc3cc(C)n(CCc4ccc(O)cc4)c(=O)c32)ccc1O. The summed E-state index contributed by atoms with van der Waals surface area (Å²) in [5, 5.41) is 19.4. The summed E-state index contributed by atoms with van der Waals surface area (Å²) in [6, 6.07) is 13.4. The molecule has 1 aliphatic heterocycles. The van der Waals surface area contributed by atoms with Crippen molar-refractivity contribution in [2.45, 2.75) is 32.2 Å². The Labute approximate surface area is 179 Å². The number of nitrogens with zero attached hydrogens (tertiary/aromatic N) is 1. The predicted octanol–water partition coefficient (Wildman–Crippen LogP) is 3.26. The van der Waals surface area contributed by atoms with Gasteiger partial charge < -0.3 is 24.3 Å². The van der Waals surface area contributed by atoms with E-state index >= 15 is 0 Å². The van der Waals surface area contributed by atoms with E-state index in [1.165, 1.54) is 13.2 Å². The van der Waals surface area contributed by atoms with E-state index in [4.69, 9.17) is 9.47 Å². The van der Waals surface area contributed by atoms with E-state index in [0.717, 1.165) is 5.56 Å². The molecule has 7 heteroatoms. The average molecular weight is 421 g/mol. The summed E-state index contributed by atoms with van der Waals surface area (Å²) in [7, 11) is 1.45. The number of phenols is 2. The highest BCUT2D eigenvalue weighted by molar-refractivity contribution is 5.77. The van der Waals surface area contributed by atoms with E-state index in [1.54, 1.807) is 41.8 Å². The number of fused-ring (bicyclic) bond motifs is 1. The normalized spacial score (nSPS) is 15.3. The first kappa shape index (κ1) is 20.5. The third-order valence-corrected chi connectivity index (χ3v) is 5.62. The molecule has 0 aliphatic carbocycles. The monoisotopic (exact) mass is 421 g/mol. The van der Waals surface area contributed by atoms with Gasteiger partial charge in [0.05, 0.1) is 19.1 Å². The molecule has 1 atom stereocenters. The molecular weight excluding hydrogens is 398 g/mol. The zero-order valence-corrected chi connectivity index (χ0v) is 17.3. The fourth-order valence-electron chi connectivity index (χ4n) is 3.97. The second-order valence-corrected chi connectivity index (χ2v) is 7.60. The number of hydrogen-bond donors (Lipinski definition) is 2. The lowest BCUT2D eigenvalue weighted by molar-refractivity contribution is -0.135. The van der Waals surface area contributed by atoms with Crippen molar-refractivity contribution in [3.8, 4) is 23.0 Å². The first-order valence-electron chi connectivity index (χ1n) is 9.97. The number of aromatic hydroxyl groups is 2. The van der Waals surface area contributed by atoms with Crippen molar-refractivity contribution >= 4 is 5.97 Å². The minimum absolute atomic E-state index is 0.0138. The maximum atomic E-state index is 13.5. The third kappa shape index (κ3) is 3.99. The summed E-state index contributed by atoms with van der Waals surface area (Å²) in [4.78, 5) is 25.7. The van der Waals surface area contributed by atoms with Gasteiger partial charge in [-0.1, -0.05) is 18.2 Å². The van der Waals surface area contributed by atoms with Crippen LogP contribution in [0, 0.1) is 6.92 Å². The van der Waals surface area contributed by atoms with Gasteiger partial charge in [0.2, 0.25) is 0 Å². The number of rotatable bonds is 5. The largest absolute Gasteiger partial charge is 0.508 e. The van der Waals surface area contributed by atoms with Crippen molar-refractivity contribution < 1.29 is 24.5 Å². The fourth-order valence-corrected chi connectivity index (χ4v) is 3.97. The molecule has 1 aromatic heterocycles. The van der Waals surface area contributed by atoms with Gasteiger partial charge in [-0.2, -0.15) is 0 Å². The maximum absolute atomic E-state index is 13.5. The number of aryl methyl sites for hydroxylation is 2. The summed E-state index contributed by atoms with van der Waals surface area (Å²) in [6.45, 7) is 2.25. The zero-order chi connectivity index (χ0) is 22.1. The van der Waals surface area contributed by atoms with Gasteiger partial charge in [-0.15, -0.1) is 0 Å². The van der Waals surface area contributed by atoms with Gasteiger partial charge in [-0.25, -0.2) is 0 Å². The number of carbonyl (C=O) groups is 1. The Hall–Kier alpha value is -3.74. The molecule has 2 aromatic carbocycles. The quantitative estimate of drug-likeness (QED) is 0.614. The number of methoxy groups -OCH3 is 1. The Bertz CT molecular complexity index is 1200. The number of hydrogen-bond acceptors (Lipinski definition) is 6. The van der Waals surface area contributed by atoms with Crippen LogP contribution in [0.25, 0.3) is 0 Å². The number of benzene rings is 2. The van der Waals surface area contributed by atoms with E-state index in [9.17, 15) is 19.8 Å². The number of ether oxygens (including phenoxy) is 2.